The van der Waals surface area contributed by atoms with Gasteiger partial charge in [-0.15, -0.1) is 0 Å². The van der Waals surface area contributed by atoms with Crippen LogP contribution in [0.4, 0.5) is 0 Å². The monoisotopic (exact) mass is 196 g/mol. The van der Waals surface area contributed by atoms with Crippen LogP contribution in [0.1, 0.15) is 23.9 Å². The summed E-state index contributed by atoms with van der Waals surface area (Å²) in [5, 5.41) is 16.0. The molecule has 0 aliphatic rings. The highest BCUT2D eigenvalue weighted by atomic mass is 16.3. The maximum absolute atomic E-state index is 11.9. The summed E-state index contributed by atoms with van der Waals surface area (Å²) in [5.41, 5.74) is 4.78. The third kappa shape index (κ3) is 1.39. The number of aryl methyl sites for hydroxylation is 2. The number of hydrogen-bond acceptors (Lipinski definition) is 2. The van der Waals surface area contributed by atoms with E-state index >= 15 is 0 Å². The van der Waals surface area contributed by atoms with Gasteiger partial charge in [0.1, 0.15) is 0 Å². The Hall–Kier alpha value is -1.36. The average Bonchev–Trinajstić information content (AvgIpc) is 2.26. The Balaban J connectivity index is 3.38. The molecule has 0 saturated carbocycles. The first kappa shape index (κ1) is 10.7. The summed E-state index contributed by atoms with van der Waals surface area (Å²) in [6.45, 7) is 4.71. The summed E-state index contributed by atoms with van der Waals surface area (Å²) in [4.78, 5) is 11.0. The molecule has 77 valence electrons. The van der Waals surface area contributed by atoms with E-state index in [0.29, 0.717) is 17.0 Å². The van der Waals surface area contributed by atoms with E-state index < -0.39 is 11.5 Å². The maximum atomic E-state index is 11.9. The fourth-order valence-corrected chi connectivity index (χ4v) is 1.59. The Morgan fingerprint density at radius 2 is 2.00 bits per heavy atom. The first-order chi connectivity index (χ1) is 6.28. The van der Waals surface area contributed by atoms with Crippen molar-refractivity contribution in [2.45, 2.75) is 26.4 Å². The van der Waals surface area contributed by atoms with Crippen molar-refractivity contribution in [2.75, 3.05) is 0 Å². The van der Waals surface area contributed by atoms with Crippen LogP contribution in [-0.2, 0) is 22.5 Å². The molecular weight excluding hydrogens is 182 g/mol. The molecule has 1 aromatic heterocycles. The molecule has 1 unspecified atom stereocenters. The molecule has 0 spiro atoms. The van der Waals surface area contributed by atoms with Crippen molar-refractivity contribution in [3.05, 3.63) is 17.0 Å². The molecule has 0 aliphatic carbocycles. The molecule has 2 N–H and O–H groups in total. The summed E-state index contributed by atoms with van der Waals surface area (Å²) in [6.07, 6.45) is 0. The second-order valence-corrected chi connectivity index (χ2v) is 3.57. The number of primary amides is 1. The molecule has 1 radical (unpaired) electrons. The minimum Gasteiger partial charge on any atom is -0.367 e. The Morgan fingerprint density at radius 3 is 2.29 bits per heavy atom. The number of carbonyl (C=O) groups is 1. The highest BCUT2D eigenvalue weighted by Crippen LogP contribution is 2.26. The standard InChI is InChI=1S/C9H14N3O2/c1-5-7(6(2)12(4)11-5)9(3,14)8(10)13/h1-4H3,(H2,10,13). The van der Waals surface area contributed by atoms with Gasteiger partial charge >= 0.3 is 0 Å². The number of rotatable bonds is 2. The van der Waals surface area contributed by atoms with Gasteiger partial charge in [0.25, 0.3) is 5.91 Å². The Morgan fingerprint density at radius 1 is 1.50 bits per heavy atom. The number of amides is 1. The zero-order valence-electron chi connectivity index (χ0n) is 8.79. The molecule has 1 rings (SSSR count). The Labute approximate surface area is 82.5 Å². The summed E-state index contributed by atoms with van der Waals surface area (Å²) in [7, 11) is 1.73. The number of hydrogen-bond donors (Lipinski definition) is 1. The predicted octanol–water partition coefficient (Wildman–Crippen LogP) is 0.168. The van der Waals surface area contributed by atoms with E-state index in [4.69, 9.17) is 5.73 Å². The zero-order chi connectivity index (χ0) is 11.1. The largest absolute Gasteiger partial charge is 0.367 e. The van der Waals surface area contributed by atoms with Crippen LogP contribution in [0.5, 0.6) is 0 Å². The lowest BCUT2D eigenvalue weighted by atomic mass is 9.93. The van der Waals surface area contributed by atoms with Gasteiger partial charge in [-0.3, -0.25) is 9.48 Å². The summed E-state index contributed by atoms with van der Waals surface area (Å²) < 4.78 is 1.57. The highest BCUT2D eigenvalue weighted by Gasteiger charge is 2.37. The fraction of sp³-hybridized carbons (Fsp3) is 0.556. The second kappa shape index (κ2) is 3.09. The first-order valence-electron chi connectivity index (χ1n) is 4.29. The number of aromatic nitrogens is 2. The van der Waals surface area contributed by atoms with Crippen molar-refractivity contribution >= 4 is 5.91 Å². The summed E-state index contributed by atoms with van der Waals surface area (Å²) in [6, 6.07) is 0. The predicted molar refractivity (Wildman–Crippen MR) is 49.9 cm³/mol. The van der Waals surface area contributed by atoms with Crippen LogP contribution in [-0.4, -0.2) is 15.7 Å². The van der Waals surface area contributed by atoms with E-state index in [1.54, 1.807) is 25.6 Å². The third-order valence-corrected chi connectivity index (χ3v) is 2.46. The van der Waals surface area contributed by atoms with Crippen LogP contribution in [0, 0.1) is 13.8 Å². The molecule has 1 aromatic rings. The molecule has 1 heterocycles. The molecular formula is C9H14N3O2. The van der Waals surface area contributed by atoms with Gasteiger partial charge in [0.15, 0.2) is 0 Å². The van der Waals surface area contributed by atoms with Gasteiger partial charge in [0, 0.05) is 18.3 Å². The first-order valence-corrected chi connectivity index (χ1v) is 4.29. The SMILES string of the molecule is Cc1nn(C)c(C)c1C(C)([O])C(N)=O. The summed E-state index contributed by atoms with van der Waals surface area (Å²) >= 11 is 0. The van der Waals surface area contributed by atoms with Crippen molar-refractivity contribution < 1.29 is 9.90 Å². The highest BCUT2D eigenvalue weighted by molar-refractivity contribution is 5.84. The van der Waals surface area contributed by atoms with Gasteiger partial charge in [-0.1, -0.05) is 0 Å². The second-order valence-electron chi connectivity index (χ2n) is 3.57. The number of carbonyl (C=O) groups excluding carboxylic acids is 1. The molecule has 0 bridgehead atoms. The van der Waals surface area contributed by atoms with E-state index in [0.717, 1.165) is 0 Å². The van der Waals surface area contributed by atoms with Crippen LogP contribution in [0.25, 0.3) is 0 Å². The molecule has 5 heteroatoms. The Kier molecular flexibility index (Phi) is 2.37. The van der Waals surface area contributed by atoms with Crippen LogP contribution in [0.3, 0.4) is 0 Å². The third-order valence-electron chi connectivity index (χ3n) is 2.46. The zero-order valence-corrected chi connectivity index (χ0v) is 8.79. The van der Waals surface area contributed by atoms with Crippen molar-refractivity contribution in [3.63, 3.8) is 0 Å². The van der Waals surface area contributed by atoms with E-state index in [2.05, 4.69) is 5.10 Å². The van der Waals surface area contributed by atoms with Crippen molar-refractivity contribution in [1.29, 1.82) is 0 Å². The van der Waals surface area contributed by atoms with Gasteiger partial charge in [0.05, 0.1) is 5.69 Å². The van der Waals surface area contributed by atoms with E-state index in [9.17, 15) is 9.90 Å². The normalized spacial score (nSPS) is 15.2. The van der Waals surface area contributed by atoms with Crippen LogP contribution in [0.2, 0.25) is 0 Å². The quantitative estimate of drug-likeness (QED) is 0.731. The molecule has 5 nitrogen and oxygen atoms in total. The molecule has 0 saturated heterocycles. The maximum Gasteiger partial charge on any atom is 0.257 e. The van der Waals surface area contributed by atoms with Crippen molar-refractivity contribution in [1.82, 2.24) is 9.78 Å². The van der Waals surface area contributed by atoms with Gasteiger partial charge in [-0.25, -0.2) is 5.11 Å². The lowest BCUT2D eigenvalue weighted by Gasteiger charge is -2.16. The van der Waals surface area contributed by atoms with Gasteiger partial charge in [-0.05, 0) is 20.8 Å². The number of nitrogens with zero attached hydrogens (tertiary/aromatic N) is 2. The minimum absolute atomic E-state index is 0.382. The van der Waals surface area contributed by atoms with E-state index in [1.165, 1.54) is 6.92 Å². The fourth-order valence-electron chi connectivity index (χ4n) is 1.59. The molecule has 1 atom stereocenters. The topological polar surface area (TPSA) is 80.8 Å². The molecule has 0 aliphatic heterocycles. The van der Waals surface area contributed by atoms with Crippen molar-refractivity contribution in [2.24, 2.45) is 12.8 Å². The molecule has 14 heavy (non-hydrogen) atoms. The smallest absolute Gasteiger partial charge is 0.257 e. The lowest BCUT2D eigenvalue weighted by Crippen LogP contribution is -2.37. The minimum atomic E-state index is -1.90. The van der Waals surface area contributed by atoms with Crippen LogP contribution < -0.4 is 5.73 Å². The van der Waals surface area contributed by atoms with Crippen molar-refractivity contribution in [3.8, 4) is 0 Å². The molecule has 1 amide bonds. The van der Waals surface area contributed by atoms with E-state index in [1.807, 2.05) is 0 Å². The van der Waals surface area contributed by atoms with Gasteiger partial charge in [-0.2, -0.15) is 5.10 Å². The summed E-state index contributed by atoms with van der Waals surface area (Å²) in [5.74, 6) is -0.878. The van der Waals surface area contributed by atoms with Gasteiger partial charge in [0.2, 0.25) is 5.60 Å². The molecule has 0 fully saturated rings. The lowest BCUT2D eigenvalue weighted by molar-refractivity contribution is -0.142. The average molecular weight is 196 g/mol. The molecule has 0 aromatic carbocycles. The van der Waals surface area contributed by atoms with Gasteiger partial charge < -0.3 is 5.73 Å². The van der Waals surface area contributed by atoms with Crippen LogP contribution >= 0.6 is 0 Å². The number of nitrogens with two attached hydrogens (primary N) is 1. The van der Waals surface area contributed by atoms with E-state index in [-0.39, 0.29) is 0 Å². The Bertz CT molecular complexity index is 380. The van der Waals surface area contributed by atoms with Crippen LogP contribution in [0.15, 0.2) is 0 Å².